The second-order valence-electron chi connectivity index (χ2n) is 5.00. The van der Waals surface area contributed by atoms with E-state index in [0.29, 0.717) is 28.4 Å². The lowest BCUT2D eigenvalue weighted by atomic mass is 10.0. The standard InChI is InChI=1S/C17H15NO5/c1-21-13-5-3-11(4-6-13)17-15(18(19)20)10-12-9-14(22-2)7-8-16(12)23-17/h3-10,17H,1-2H3. The Morgan fingerprint density at radius 3 is 2.30 bits per heavy atom. The van der Waals surface area contributed by atoms with Gasteiger partial charge in [-0.25, -0.2) is 0 Å². The van der Waals surface area contributed by atoms with E-state index < -0.39 is 11.0 Å². The molecule has 118 valence electrons. The van der Waals surface area contributed by atoms with Crippen LogP contribution in [0.2, 0.25) is 0 Å². The van der Waals surface area contributed by atoms with Crippen molar-refractivity contribution < 1.29 is 19.1 Å². The number of hydrogen-bond acceptors (Lipinski definition) is 5. The first-order chi connectivity index (χ1) is 11.1. The van der Waals surface area contributed by atoms with Crippen molar-refractivity contribution in [1.29, 1.82) is 0 Å². The average molecular weight is 313 g/mol. The van der Waals surface area contributed by atoms with Crippen LogP contribution in [0.5, 0.6) is 17.2 Å². The zero-order valence-electron chi connectivity index (χ0n) is 12.7. The molecule has 0 spiro atoms. The van der Waals surface area contributed by atoms with Gasteiger partial charge in [-0.3, -0.25) is 10.1 Å². The molecule has 0 N–H and O–H groups in total. The summed E-state index contributed by atoms with van der Waals surface area (Å²) in [5.41, 5.74) is 1.30. The summed E-state index contributed by atoms with van der Waals surface area (Å²) in [5, 5.41) is 11.4. The quantitative estimate of drug-likeness (QED) is 0.638. The van der Waals surface area contributed by atoms with Crippen molar-refractivity contribution in [3.05, 3.63) is 69.4 Å². The van der Waals surface area contributed by atoms with Crippen molar-refractivity contribution in [2.75, 3.05) is 14.2 Å². The highest BCUT2D eigenvalue weighted by Crippen LogP contribution is 2.39. The Hall–Kier alpha value is -3.02. The van der Waals surface area contributed by atoms with Crippen LogP contribution in [0.3, 0.4) is 0 Å². The molecule has 1 unspecified atom stereocenters. The zero-order valence-corrected chi connectivity index (χ0v) is 12.7. The molecule has 1 aliphatic rings. The highest BCUT2D eigenvalue weighted by atomic mass is 16.6. The number of hydrogen-bond donors (Lipinski definition) is 0. The largest absolute Gasteiger partial charge is 0.497 e. The average Bonchev–Trinajstić information content (AvgIpc) is 2.60. The monoisotopic (exact) mass is 313 g/mol. The van der Waals surface area contributed by atoms with E-state index in [4.69, 9.17) is 14.2 Å². The molecular weight excluding hydrogens is 298 g/mol. The van der Waals surface area contributed by atoms with Gasteiger partial charge in [0.05, 0.1) is 19.1 Å². The third kappa shape index (κ3) is 2.83. The fourth-order valence-corrected chi connectivity index (χ4v) is 2.46. The number of nitrogens with zero attached hydrogens (tertiary/aromatic N) is 1. The number of methoxy groups -OCH3 is 2. The molecule has 1 heterocycles. The Balaban J connectivity index is 2.03. The van der Waals surface area contributed by atoms with E-state index in [-0.39, 0.29) is 5.70 Å². The van der Waals surface area contributed by atoms with Gasteiger partial charge < -0.3 is 14.2 Å². The maximum absolute atomic E-state index is 11.4. The first-order valence-corrected chi connectivity index (χ1v) is 6.97. The molecule has 0 aliphatic carbocycles. The molecule has 1 aliphatic heterocycles. The van der Waals surface area contributed by atoms with Crippen LogP contribution in [-0.2, 0) is 0 Å². The van der Waals surface area contributed by atoms with E-state index in [0.717, 1.165) is 0 Å². The summed E-state index contributed by atoms with van der Waals surface area (Å²) < 4.78 is 16.1. The number of benzene rings is 2. The van der Waals surface area contributed by atoms with Crippen molar-refractivity contribution >= 4 is 6.08 Å². The SMILES string of the molecule is COc1ccc(C2Oc3ccc(OC)cc3C=C2[N+](=O)[O-])cc1. The minimum atomic E-state index is -0.767. The van der Waals surface area contributed by atoms with Crippen molar-refractivity contribution in [1.82, 2.24) is 0 Å². The molecule has 23 heavy (non-hydrogen) atoms. The van der Waals surface area contributed by atoms with Crippen molar-refractivity contribution in [2.24, 2.45) is 0 Å². The first-order valence-electron chi connectivity index (χ1n) is 6.97. The van der Waals surface area contributed by atoms with Crippen molar-refractivity contribution in [3.63, 3.8) is 0 Å². The summed E-state index contributed by atoms with van der Waals surface area (Å²) in [5.74, 6) is 1.88. The molecule has 0 saturated heterocycles. The normalized spacial score (nSPS) is 15.9. The van der Waals surface area contributed by atoms with E-state index in [1.54, 1.807) is 56.7 Å². The van der Waals surface area contributed by atoms with E-state index >= 15 is 0 Å². The van der Waals surface area contributed by atoms with Crippen LogP contribution in [0.25, 0.3) is 6.08 Å². The Bertz CT molecular complexity index is 767. The van der Waals surface area contributed by atoms with Gasteiger partial charge in [0.15, 0.2) is 0 Å². The Morgan fingerprint density at radius 2 is 1.70 bits per heavy atom. The lowest BCUT2D eigenvalue weighted by Crippen LogP contribution is -2.19. The zero-order chi connectivity index (χ0) is 16.4. The third-order valence-electron chi connectivity index (χ3n) is 3.66. The van der Waals surface area contributed by atoms with Gasteiger partial charge in [-0.05, 0) is 30.3 Å². The molecule has 0 aromatic heterocycles. The van der Waals surface area contributed by atoms with E-state index in [1.165, 1.54) is 6.08 Å². The number of fused-ring (bicyclic) bond motifs is 1. The van der Waals surface area contributed by atoms with E-state index in [2.05, 4.69) is 0 Å². The Kier molecular flexibility index (Phi) is 3.89. The summed E-state index contributed by atoms with van der Waals surface area (Å²) in [7, 11) is 3.11. The molecule has 6 heteroatoms. The summed E-state index contributed by atoms with van der Waals surface area (Å²) >= 11 is 0. The molecule has 0 saturated carbocycles. The van der Waals surface area contributed by atoms with Crippen molar-refractivity contribution in [3.8, 4) is 17.2 Å². The summed E-state index contributed by atoms with van der Waals surface area (Å²) in [6.07, 6.45) is 0.757. The molecule has 0 fully saturated rings. The maximum atomic E-state index is 11.4. The van der Waals surface area contributed by atoms with E-state index in [1.807, 2.05) is 0 Å². The predicted molar refractivity (Wildman–Crippen MR) is 84.3 cm³/mol. The lowest BCUT2D eigenvalue weighted by Gasteiger charge is -2.23. The van der Waals surface area contributed by atoms with Gasteiger partial charge in [0, 0.05) is 17.2 Å². The number of rotatable bonds is 4. The smallest absolute Gasteiger partial charge is 0.291 e. The van der Waals surface area contributed by atoms with Gasteiger partial charge >= 0.3 is 0 Å². The maximum Gasteiger partial charge on any atom is 0.291 e. The highest BCUT2D eigenvalue weighted by molar-refractivity contribution is 5.64. The first kappa shape index (κ1) is 14.9. The van der Waals surface area contributed by atoms with Crippen LogP contribution in [0.4, 0.5) is 0 Å². The molecule has 6 nitrogen and oxygen atoms in total. The lowest BCUT2D eigenvalue weighted by molar-refractivity contribution is -0.434. The molecule has 3 rings (SSSR count). The van der Waals surface area contributed by atoms with Crippen molar-refractivity contribution in [2.45, 2.75) is 6.10 Å². The number of nitro groups is 1. The summed E-state index contributed by atoms with van der Waals surface area (Å²) in [6.45, 7) is 0. The minimum absolute atomic E-state index is 0.0177. The number of ether oxygens (including phenoxy) is 3. The van der Waals surface area contributed by atoms with Gasteiger partial charge in [-0.15, -0.1) is 0 Å². The molecule has 1 atom stereocenters. The van der Waals surface area contributed by atoms with Crippen LogP contribution in [0.1, 0.15) is 17.2 Å². The molecule has 2 aromatic rings. The topological polar surface area (TPSA) is 70.8 Å². The van der Waals surface area contributed by atoms with Gasteiger partial charge in [-0.1, -0.05) is 12.1 Å². The fraction of sp³-hybridized carbons (Fsp3) is 0.176. The highest BCUT2D eigenvalue weighted by Gasteiger charge is 2.33. The minimum Gasteiger partial charge on any atom is -0.497 e. The second kappa shape index (κ2) is 6.00. The predicted octanol–water partition coefficient (Wildman–Crippen LogP) is 3.46. The van der Waals surface area contributed by atoms with Gasteiger partial charge in [0.1, 0.15) is 17.2 Å². The van der Waals surface area contributed by atoms with Crippen LogP contribution >= 0.6 is 0 Å². The van der Waals surface area contributed by atoms with Crippen LogP contribution < -0.4 is 14.2 Å². The van der Waals surface area contributed by atoms with Gasteiger partial charge in [0.25, 0.3) is 5.70 Å². The second-order valence-corrected chi connectivity index (χ2v) is 5.00. The molecule has 0 bridgehead atoms. The Morgan fingerprint density at radius 1 is 1.04 bits per heavy atom. The molecule has 0 radical (unpaired) electrons. The molecule has 2 aromatic carbocycles. The molecular formula is C17H15NO5. The third-order valence-corrected chi connectivity index (χ3v) is 3.66. The van der Waals surface area contributed by atoms with Crippen LogP contribution in [0, 0.1) is 10.1 Å². The Labute approximate surface area is 133 Å². The van der Waals surface area contributed by atoms with Gasteiger partial charge in [-0.2, -0.15) is 0 Å². The summed E-state index contributed by atoms with van der Waals surface area (Å²) in [6, 6.07) is 12.2. The van der Waals surface area contributed by atoms with Gasteiger partial charge in [0.2, 0.25) is 6.10 Å². The molecule has 0 amide bonds. The fourth-order valence-electron chi connectivity index (χ4n) is 2.46. The summed E-state index contributed by atoms with van der Waals surface area (Å²) in [4.78, 5) is 11.0. The van der Waals surface area contributed by atoms with E-state index in [9.17, 15) is 10.1 Å². The van der Waals surface area contributed by atoms with Crippen LogP contribution in [0.15, 0.2) is 48.2 Å². The van der Waals surface area contributed by atoms with Crippen LogP contribution in [-0.4, -0.2) is 19.1 Å².